The van der Waals surface area contributed by atoms with Crippen molar-refractivity contribution in [2.24, 2.45) is 0 Å². The van der Waals surface area contributed by atoms with Crippen LogP contribution < -0.4 is 4.72 Å². The maximum absolute atomic E-state index is 12.0. The molecule has 0 amide bonds. The lowest BCUT2D eigenvalue weighted by atomic mass is 10.1. The van der Waals surface area contributed by atoms with Crippen LogP contribution in [-0.4, -0.2) is 37.6 Å². The normalized spacial score (nSPS) is 21.1. The van der Waals surface area contributed by atoms with E-state index in [2.05, 4.69) is 14.7 Å². The predicted octanol–water partition coefficient (Wildman–Crippen LogP) is 0.819. The number of H-pyrrole nitrogens is 1. The highest BCUT2D eigenvalue weighted by Crippen LogP contribution is 2.13. The van der Waals surface area contributed by atoms with Crippen LogP contribution in [0.15, 0.2) is 11.2 Å². The number of nitrogens with zero attached hydrogens (tertiary/aromatic N) is 1. The molecule has 2 N–H and O–H groups in total. The van der Waals surface area contributed by atoms with Gasteiger partial charge in [0.15, 0.2) is 5.03 Å². The van der Waals surface area contributed by atoms with Gasteiger partial charge in [0.05, 0.1) is 12.3 Å². The molecule has 1 saturated heterocycles. The van der Waals surface area contributed by atoms with E-state index in [1.165, 1.54) is 6.20 Å². The minimum absolute atomic E-state index is 0.0120. The standard InChI is InChI=1S/C11H19N3O3S/c1-2-10-12-8-11(14-10)18(15,16)13-7-9-5-3-4-6-17-9/h8-9,13H,2-7H2,1H3,(H,12,14). The molecule has 0 saturated carbocycles. The van der Waals surface area contributed by atoms with Gasteiger partial charge in [0.1, 0.15) is 5.82 Å². The van der Waals surface area contributed by atoms with Gasteiger partial charge >= 0.3 is 0 Å². The number of aromatic nitrogens is 2. The second-order valence-corrected chi connectivity index (χ2v) is 6.12. The number of imidazole rings is 1. The van der Waals surface area contributed by atoms with Crippen molar-refractivity contribution < 1.29 is 13.2 Å². The Bertz CT molecular complexity index is 477. The van der Waals surface area contributed by atoms with Crippen LogP contribution in [-0.2, 0) is 21.2 Å². The van der Waals surface area contributed by atoms with Crippen molar-refractivity contribution in [3.05, 3.63) is 12.0 Å². The van der Waals surface area contributed by atoms with Crippen molar-refractivity contribution in [1.82, 2.24) is 14.7 Å². The summed E-state index contributed by atoms with van der Waals surface area (Å²) in [5, 5.41) is 0.121. The summed E-state index contributed by atoms with van der Waals surface area (Å²) in [5.74, 6) is 0.671. The van der Waals surface area contributed by atoms with Gasteiger partial charge in [-0.2, -0.15) is 0 Å². The zero-order chi connectivity index (χ0) is 13.0. The summed E-state index contributed by atoms with van der Waals surface area (Å²) in [5.41, 5.74) is 0. The SMILES string of the molecule is CCc1ncc(S(=O)(=O)NCC2CCCCO2)[nH]1. The Morgan fingerprint density at radius 1 is 1.56 bits per heavy atom. The average Bonchev–Trinajstić information content (AvgIpc) is 2.87. The molecule has 1 unspecified atom stereocenters. The van der Waals surface area contributed by atoms with Gasteiger partial charge in [-0.25, -0.2) is 18.1 Å². The third kappa shape index (κ3) is 3.30. The Kier molecular flexibility index (Phi) is 4.36. The topological polar surface area (TPSA) is 84.1 Å². The Labute approximate surface area is 107 Å². The van der Waals surface area contributed by atoms with Crippen LogP contribution in [0.1, 0.15) is 32.0 Å². The Morgan fingerprint density at radius 3 is 3.00 bits per heavy atom. The number of hydrogen-bond donors (Lipinski definition) is 2. The fourth-order valence-electron chi connectivity index (χ4n) is 1.91. The molecule has 0 spiro atoms. The molecule has 2 rings (SSSR count). The van der Waals surface area contributed by atoms with Crippen LogP contribution in [0.3, 0.4) is 0 Å². The van der Waals surface area contributed by atoms with E-state index in [1.54, 1.807) is 0 Å². The van der Waals surface area contributed by atoms with Gasteiger partial charge in [-0.1, -0.05) is 6.92 Å². The molecule has 1 aliphatic heterocycles. The van der Waals surface area contributed by atoms with E-state index in [-0.39, 0.29) is 11.1 Å². The molecule has 1 aromatic heterocycles. The predicted molar refractivity (Wildman–Crippen MR) is 66.7 cm³/mol. The number of ether oxygens (including phenoxy) is 1. The van der Waals surface area contributed by atoms with Crippen molar-refractivity contribution in [3.63, 3.8) is 0 Å². The Morgan fingerprint density at radius 2 is 2.39 bits per heavy atom. The summed E-state index contributed by atoms with van der Waals surface area (Å²) in [6, 6.07) is 0. The smallest absolute Gasteiger partial charge is 0.257 e. The average molecular weight is 273 g/mol. The van der Waals surface area contributed by atoms with Crippen molar-refractivity contribution in [2.75, 3.05) is 13.2 Å². The summed E-state index contributed by atoms with van der Waals surface area (Å²) in [7, 11) is -3.50. The van der Waals surface area contributed by atoms with Crippen LogP contribution in [0.4, 0.5) is 0 Å². The molecule has 6 nitrogen and oxygen atoms in total. The van der Waals surface area contributed by atoms with E-state index < -0.39 is 10.0 Å². The fourth-order valence-corrected chi connectivity index (χ4v) is 2.91. The molecule has 0 aromatic carbocycles. The van der Waals surface area contributed by atoms with E-state index in [0.717, 1.165) is 25.9 Å². The number of aryl methyl sites for hydroxylation is 1. The summed E-state index contributed by atoms with van der Waals surface area (Å²) >= 11 is 0. The number of aromatic amines is 1. The molecule has 1 aliphatic rings. The van der Waals surface area contributed by atoms with Crippen molar-refractivity contribution >= 4 is 10.0 Å². The highest BCUT2D eigenvalue weighted by atomic mass is 32.2. The fraction of sp³-hybridized carbons (Fsp3) is 0.727. The van der Waals surface area contributed by atoms with Crippen LogP contribution in [0.5, 0.6) is 0 Å². The van der Waals surface area contributed by atoms with E-state index in [1.807, 2.05) is 6.92 Å². The van der Waals surface area contributed by atoms with E-state index in [4.69, 9.17) is 4.74 Å². The lowest BCUT2D eigenvalue weighted by molar-refractivity contribution is 0.0200. The summed E-state index contributed by atoms with van der Waals surface area (Å²) in [6.07, 6.45) is 5.08. The van der Waals surface area contributed by atoms with Gasteiger partial charge in [0.2, 0.25) is 0 Å². The van der Waals surface area contributed by atoms with E-state index in [9.17, 15) is 8.42 Å². The third-order valence-corrected chi connectivity index (χ3v) is 4.34. The first-order valence-corrected chi connectivity index (χ1v) is 7.75. The second kappa shape index (κ2) is 5.81. The number of nitrogens with one attached hydrogen (secondary N) is 2. The zero-order valence-electron chi connectivity index (χ0n) is 10.5. The molecular formula is C11H19N3O3S. The Hall–Kier alpha value is -0.920. The molecule has 0 bridgehead atoms. The van der Waals surface area contributed by atoms with Crippen LogP contribution in [0.2, 0.25) is 0 Å². The molecule has 0 radical (unpaired) electrons. The molecule has 7 heteroatoms. The molecule has 0 aliphatic carbocycles. The van der Waals surface area contributed by atoms with Gasteiger partial charge in [-0.15, -0.1) is 0 Å². The first kappa shape index (κ1) is 13.5. The molecule has 18 heavy (non-hydrogen) atoms. The minimum atomic E-state index is -3.50. The summed E-state index contributed by atoms with van der Waals surface area (Å²) in [6.45, 7) is 2.96. The number of sulfonamides is 1. The van der Waals surface area contributed by atoms with Crippen LogP contribution in [0, 0.1) is 0 Å². The maximum atomic E-state index is 12.0. The monoisotopic (exact) mass is 273 g/mol. The summed E-state index contributed by atoms with van der Waals surface area (Å²) < 4.78 is 32.0. The van der Waals surface area contributed by atoms with Crippen LogP contribution in [0.25, 0.3) is 0 Å². The van der Waals surface area contributed by atoms with Gasteiger partial charge in [-0.3, -0.25) is 0 Å². The highest BCUT2D eigenvalue weighted by molar-refractivity contribution is 7.89. The lowest BCUT2D eigenvalue weighted by Gasteiger charge is -2.22. The van der Waals surface area contributed by atoms with E-state index >= 15 is 0 Å². The molecule has 1 atom stereocenters. The lowest BCUT2D eigenvalue weighted by Crippen LogP contribution is -2.35. The van der Waals surface area contributed by atoms with Crippen molar-refractivity contribution in [3.8, 4) is 0 Å². The van der Waals surface area contributed by atoms with E-state index in [0.29, 0.717) is 18.8 Å². The largest absolute Gasteiger partial charge is 0.377 e. The van der Waals surface area contributed by atoms with Gasteiger partial charge < -0.3 is 9.72 Å². The van der Waals surface area contributed by atoms with Gasteiger partial charge in [0, 0.05) is 19.6 Å². The molecule has 102 valence electrons. The highest BCUT2D eigenvalue weighted by Gasteiger charge is 2.20. The van der Waals surface area contributed by atoms with Gasteiger partial charge in [-0.05, 0) is 19.3 Å². The van der Waals surface area contributed by atoms with Crippen LogP contribution >= 0.6 is 0 Å². The first-order chi connectivity index (χ1) is 8.62. The molecule has 1 aromatic rings. The Balaban J connectivity index is 1.94. The molecule has 1 fully saturated rings. The van der Waals surface area contributed by atoms with Gasteiger partial charge in [0.25, 0.3) is 10.0 Å². The molecule has 2 heterocycles. The zero-order valence-corrected chi connectivity index (χ0v) is 11.3. The third-order valence-electron chi connectivity index (χ3n) is 3.00. The van der Waals surface area contributed by atoms with Crippen molar-refractivity contribution in [1.29, 1.82) is 0 Å². The second-order valence-electron chi connectivity index (χ2n) is 4.39. The maximum Gasteiger partial charge on any atom is 0.257 e. The minimum Gasteiger partial charge on any atom is -0.377 e. The quantitative estimate of drug-likeness (QED) is 0.832. The number of rotatable bonds is 5. The van der Waals surface area contributed by atoms with Crippen molar-refractivity contribution in [2.45, 2.75) is 43.7 Å². The first-order valence-electron chi connectivity index (χ1n) is 6.27. The summed E-state index contributed by atoms with van der Waals surface area (Å²) in [4.78, 5) is 6.78. The molecular weight excluding hydrogens is 254 g/mol. The number of hydrogen-bond acceptors (Lipinski definition) is 4.